The summed E-state index contributed by atoms with van der Waals surface area (Å²) in [6.45, 7) is 7.02. The minimum atomic E-state index is 0.776. The van der Waals surface area contributed by atoms with E-state index in [1.807, 2.05) is 11.3 Å². The molecule has 1 aliphatic carbocycles. The van der Waals surface area contributed by atoms with Crippen molar-refractivity contribution in [1.29, 1.82) is 0 Å². The van der Waals surface area contributed by atoms with Gasteiger partial charge in [0.15, 0.2) is 0 Å². The van der Waals surface area contributed by atoms with Crippen LogP contribution in [0.3, 0.4) is 0 Å². The number of fused-ring (bicyclic) bond motifs is 3. The van der Waals surface area contributed by atoms with Crippen molar-refractivity contribution in [1.82, 2.24) is 9.97 Å². The van der Waals surface area contributed by atoms with E-state index in [1.54, 1.807) is 16.8 Å². The standard InChI is InChI=1S/C17H23N3S/c1-11-5-6-13-14(8-11)21-17-15(13)16(18-10-19-17)20-7-3-4-12(2)9-20/h10-12H,3-9H2,1-2H3/t11-,12+/m0/s1. The van der Waals surface area contributed by atoms with Gasteiger partial charge in [0.05, 0.1) is 5.39 Å². The number of aromatic nitrogens is 2. The molecule has 1 fully saturated rings. The maximum Gasteiger partial charge on any atom is 0.141 e. The zero-order chi connectivity index (χ0) is 14.4. The van der Waals surface area contributed by atoms with E-state index < -0.39 is 0 Å². The average molecular weight is 301 g/mol. The molecule has 0 saturated carbocycles. The van der Waals surface area contributed by atoms with Gasteiger partial charge in [-0.2, -0.15) is 0 Å². The summed E-state index contributed by atoms with van der Waals surface area (Å²) in [6, 6.07) is 0. The largest absolute Gasteiger partial charge is 0.356 e. The molecule has 3 nitrogen and oxygen atoms in total. The number of nitrogens with zero attached hydrogens (tertiary/aromatic N) is 3. The maximum absolute atomic E-state index is 4.69. The van der Waals surface area contributed by atoms with Gasteiger partial charge in [-0.15, -0.1) is 11.3 Å². The summed E-state index contributed by atoms with van der Waals surface area (Å²) in [6.07, 6.45) is 8.15. The van der Waals surface area contributed by atoms with Gasteiger partial charge in [-0.1, -0.05) is 13.8 Å². The van der Waals surface area contributed by atoms with E-state index in [4.69, 9.17) is 0 Å². The maximum atomic E-state index is 4.69. The first-order chi connectivity index (χ1) is 10.2. The van der Waals surface area contributed by atoms with Crippen molar-refractivity contribution in [2.24, 2.45) is 11.8 Å². The fourth-order valence-electron chi connectivity index (χ4n) is 3.88. The first-order valence-corrected chi connectivity index (χ1v) is 9.04. The summed E-state index contributed by atoms with van der Waals surface area (Å²) in [5, 5.41) is 1.37. The molecule has 3 heterocycles. The average Bonchev–Trinajstić information content (AvgIpc) is 2.84. The number of thiophene rings is 1. The molecule has 112 valence electrons. The second-order valence-corrected chi connectivity index (χ2v) is 8.01. The predicted molar refractivity (Wildman–Crippen MR) is 89.2 cm³/mol. The zero-order valence-electron chi connectivity index (χ0n) is 12.9. The van der Waals surface area contributed by atoms with Gasteiger partial charge in [-0.3, -0.25) is 0 Å². The molecule has 2 atom stereocenters. The Balaban J connectivity index is 1.82. The van der Waals surface area contributed by atoms with Gasteiger partial charge in [-0.05, 0) is 49.5 Å². The Morgan fingerprint density at radius 1 is 1.19 bits per heavy atom. The van der Waals surface area contributed by atoms with E-state index in [1.165, 1.54) is 48.1 Å². The summed E-state index contributed by atoms with van der Waals surface area (Å²) in [5.74, 6) is 2.80. The highest BCUT2D eigenvalue weighted by atomic mass is 32.1. The third kappa shape index (κ3) is 2.33. The van der Waals surface area contributed by atoms with Crippen LogP contribution in [0.4, 0.5) is 5.82 Å². The Kier molecular flexibility index (Phi) is 3.37. The molecule has 21 heavy (non-hydrogen) atoms. The van der Waals surface area contributed by atoms with Crippen LogP contribution < -0.4 is 4.90 Å². The Bertz CT molecular complexity index is 663. The van der Waals surface area contributed by atoms with E-state index >= 15 is 0 Å². The van der Waals surface area contributed by atoms with Gasteiger partial charge < -0.3 is 4.90 Å². The first kappa shape index (κ1) is 13.5. The minimum absolute atomic E-state index is 0.776. The van der Waals surface area contributed by atoms with Crippen LogP contribution in [0.5, 0.6) is 0 Å². The molecular formula is C17H23N3S. The van der Waals surface area contributed by atoms with E-state index in [0.717, 1.165) is 24.9 Å². The summed E-state index contributed by atoms with van der Waals surface area (Å²) in [4.78, 5) is 14.5. The molecule has 1 aliphatic heterocycles. The molecule has 1 saturated heterocycles. The van der Waals surface area contributed by atoms with Crippen molar-refractivity contribution in [3.63, 3.8) is 0 Å². The molecule has 0 aromatic carbocycles. The van der Waals surface area contributed by atoms with Crippen molar-refractivity contribution in [2.45, 2.75) is 46.0 Å². The third-order valence-corrected chi connectivity index (χ3v) is 6.19. The van der Waals surface area contributed by atoms with Gasteiger partial charge in [-0.25, -0.2) is 9.97 Å². The molecule has 2 aromatic heterocycles. The second-order valence-electron chi connectivity index (χ2n) is 6.92. The Labute approximate surface area is 130 Å². The molecule has 2 aliphatic rings. The third-order valence-electron chi connectivity index (χ3n) is 5.03. The summed E-state index contributed by atoms with van der Waals surface area (Å²) >= 11 is 1.90. The zero-order valence-corrected chi connectivity index (χ0v) is 13.7. The highest BCUT2D eigenvalue weighted by Crippen LogP contribution is 2.41. The predicted octanol–water partition coefficient (Wildman–Crippen LogP) is 4.05. The van der Waals surface area contributed by atoms with Crippen molar-refractivity contribution in [3.8, 4) is 0 Å². The molecule has 4 heteroatoms. The lowest BCUT2D eigenvalue weighted by Gasteiger charge is -2.32. The lowest BCUT2D eigenvalue weighted by Crippen LogP contribution is -2.35. The Hall–Kier alpha value is -1.16. The molecule has 0 radical (unpaired) electrons. The monoisotopic (exact) mass is 301 g/mol. The number of anilines is 1. The van der Waals surface area contributed by atoms with Crippen molar-refractivity contribution in [2.75, 3.05) is 18.0 Å². The molecule has 2 aromatic rings. The number of aryl methyl sites for hydroxylation is 1. The van der Waals surface area contributed by atoms with Gasteiger partial charge in [0.2, 0.25) is 0 Å². The molecule has 0 N–H and O–H groups in total. The molecule has 0 amide bonds. The molecule has 0 unspecified atom stereocenters. The normalized spacial score (nSPS) is 26.1. The van der Waals surface area contributed by atoms with Crippen LogP contribution in [0.15, 0.2) is 6.33 Å². The summed E-state index contributed by atoms with van der Waals surface area (Å²) < 4.78 is 0. The van der Waals surface area contributed by atoms with E-state index in [2.05, 4.69) is 28.7 Å². The number of hydrogen-bond donors (Lipinski definition) is 0. The number of hydrogen-bond acceptors (Lipinski definition) is 4. The topological polar surface area (TPSA) is 29.0 Å². The summed E-state index contributed by atoms with van der Waals surface area (Å²) in [7, 11) is 0. The number of piperidine rings is 1. The van der Waals surface area contributed by atoms with Gasteiger partial charge >= 0.3 is 0 Å². The fraction of sp³-hybridized carbons (Fsp3) is 0.647. The smallest absolute Gasteiger partial charge is 0.141 e. The van der Waals surface area contributed by atoms with E-state index in [9.17, 15) is 0 Å². The minimum Gasteiger partial charge on any atom is -0.356 e. The summed E-state index contributed by atoms with van der Waals surface area (Å²) in [5.41, 5.74) is 1.56. The number of rotatable bonds is 1. The van der Waals surface area contributed by atoms with Crippen molar-refractivity contribution < 1.29 is 0 Å². The van der Waals surface area contributed by atoms with Crippen LogP contribution in [0, 0.1) is 11.8 Å². The van der Waals surface area contributed by atoms with Crippen LogP contribution in [0.2, 0.25) is 0 Å². The van der Waals surface area contributed by atoms with Crippen LogP contribution in [0.25, 0.3) is 10.2 Å². The lowest BCUT2D eigenvalue weighted by molar-refractivity contribution is 0.445. The van der Waals surface area contributed by atoms with Gasteiger partial charge in [0, 0.05) is 18.0 Å². The molecular weight excluding hydrogens is 278 g/mol. The molecule has 0 spiro atoms. The SMILES string of the molecule is C[C@@H]1CCCN(c2ncnc3sc4c(c23)CC[C@H](C)C4)C1. The van der Waals surface area contributed by atoms with E-state index in [-0.39, 0.29) is 0 Å². The highest BCUT2D eigenvalue weighted by Gasteiger charge is 2.26. The second kappa shape index (κ2) is 5.24. The van der Waals surface area contributed by atoms with Crippen LogP contribution >= 0.6 is 11.3 Å². The lowest BCUT2D eigenvalue weighted by atomic mass is 9.89. The fourth-order valence-corrected chi connectivity index (χ4v) is 5.22. The van der Waals surface area contributed by atoms with Crippen molar-refractivity contribution in [3.05, 3.63) is 16.8 Å². The van der Waals surface area contributed by atoms with Crippen LogP contribution in [-0.2, 0) is 12.8 Å². The van der Waals surface area contributed by atoms with Crippen molar-refractivity contribution >= 4 is 27.4 Å². The van der Waals surface area contributed by atoms with Gasteiger partial charge in [0.25, 0.3) is 0 Å². The first-order valence-electron chi connectivity index (χ1n) is 8.22. The highest BCUT2D eigenvalue weighted by molar-refractivity contribution is 7.19. The molecule has 0 bridgehead atoms. The van der Waals surface area contributed by atoms with Crippen LogP contribution in [0.1, 0.15) is 43.6 Å². The molecule has 4 rings (SSSR count). The van der Waals surface area contributed by atoms with Gasteiger partial charge in [0.1, 0.15) is 17.0 Å². The van der Waals surface area contributed by atoms with Crippen LogP contribution in [-0.4, -0.2) is 23.1 Å². The Morgan fingerprint density at radius 3 is 2.95 bits per heavy atom. The quantitative estimate of drug-likeness (QED) is 0.795. The van der Waals surface area contributed by atoms with E-state index in [0.29, 0.717) is 0 Å². The Morgan fingerprint density at radius 2 is 2.10 bits per heavy atom.